The molecule has 0 amide bonds. The standard InChI is InChI=1S/C18H21FN2O2/c19-16-6-7-17(23-13-15-4-2-1-3-5-15)21-18(16)20-12-14-8-10-22-11-9-14/h1-7,14H,8-13H2,(H,20,21). The molecule has 122 valence electrons. The predicted molar refractivity (Wildman–Crippen MR) is 87.0 cm³/mol. The van der Waals surface area contributed by atoms with Gasteiger partial charge in [0.05, 0.1) is 0 Å². The summed E-state index contributed by atoms with van der Waals surface area (Å²) < 4.78 is 24.9. The van der Waals surface area contributed by atoms with Crippen LogP contribution in [0.3, 0.4) is 0 Å². The fourth-order valence-corrected chi connectivity index (χ4v) is 2.55. The molecule has 0 unspecified atom stereocenters. The van der Waals surface area contributed by atoms with E-state index < -0.39 is 0 Å². The molecule has 0 spiro atoms. The molecule has 0 saturated carbocycles. The van der Waals surface area contributed by atoms with Crippen LogP contribution in [0, 0.1) is 11.7 Å². The van der Waals surface area contributed by atoms with Crippen molar-refractivity contribution >= 4 is 5.82 Å². The zero-order chi connectivity index (χ0) is 15.9. The van der Waals surface area contributed by atoms with E-state index in [-0.39, 0.29) is 11.6 Å². The summed E-state index contributed by atoms with van der Waals surface area (Å²) in [6.07, 6.45) is 2.00. The van der Waals surface area contributed by atoms with E-state index in [0.29, 0.717) is 24.9 Å². The topological polar surface area (TPSA) is 43.4 Å². The number of hydrogen-bond acceptors (Lipinski definition) is 4. The Morgan fingerprint density at radius 3 is 2.70 bits per heavy atom. The second kappa shape index (κ2) is 7.92. The van der Waals surface area contributed by atoms with Crippen molar-refractivity contribution in [2.24, 2.45) is 5.92 Å². The average molecular weight is 316 g/mol. The van der Waals surface area contributed by atoms with Crippen LogP contribution < -0.4 is 10.1 Å². The molecule has 1 fully saturated rings. The van der Waals surface area contributed by atoms with E-state index in [0.717, 1.165) is 31.6 Å². The van der Waals surface area contributed by atoms with Crippen molar-refractivity contribution in [1.29, 1.82) is 0 Å². The van der Waals surface area contributed by atoms with E-state index in [4.69, 9.17) is 9.47 Å². The average Bonchev–Trinajstić information content (AvgIpc) is 2.62. The lowest BCUT2D eigenvalue weighted by atomic mass is 10.0. The lowest BCUT2D eigenvalue weighted by Gasteiger charge is -2.22. The Morgan fingerprint density at radius 2 is 1.91 bits per heavy atom. The minimum absolute atomic E-state index is 0.252. The Kier molecular flexibility index (Phi) is 5.42. The second-order valence-electron chi connectivity index (χ2n) is 5.69. The van der Waals surface area contributed by atoms with Crippen molar-refractivity contribution in [3.63, 3.8) is 0 Å². The SMILES string of the molecule is Fc1ccc(OCc2ccccc2)nc1NCC1CCOCC1. The molecule has 4 nitrogen and oxygen atoms in total. The lowest BCUT2D eigenvalue weighted by Crippen LogP contribution is -2.23. The Labute approximate surface area is 135 Å². The highest BCUT2D eigenvalue weighted by Gasteiger charge is 2.15. The zero-order valence-corrected chi connectivity index (χ0v) is 13.0. The van der Waals surface area contributed by atoms with E-state index in [1.54, 1.807) is 6.07 Å². The van der Waals surface area contributed by atoms with Gasteiger partial charge in [0.25, 0.3) is 0 Å². The number of ether oxygens (including phenoxy) is 2. The van der Waals surface area contributed by atoms with Gasteiger partial charge in [0.1, 0.15) is 6.61 Å². The number of benzene rings is 1. The smallest absolute Gasteiger partial charge is 0.215 e. The van der Waals surface area contributed by atoms with Crippen LogP contribution in [0.2, 0.25) is 0 Å². The number of halogens is 1. The van der Waals surface area contributed by atoms with Gasteiger partial charge in [-0.25, -0.2) is 4.39 Å². The number of hydrogen-bond donors (Lipinski definition) is 1. The molecule has 23 heavy (non-hydrogen) atoms. The molecule has 1 N–H and O–H groups in total. The van der Waals surface area contributed by atoms with Gasteiger partial charge < -0.3 is 14.8 Å². The maximum Gasteiger partial charge on any atom is 0.215 e. The number of pyridine rings is 1. The van der Waals surface area contributed by atoms with E-state index in [2.05, 4.69) is 10.3 Å². The fourth-order valence-electron chi connectivity index (χ4n) is 2.55. The van der Waals surface area contributed by atoms with Crippen molar-refractivity contribution < 1.29 is 13.9 Å². The van der Waals surface area contributed by atoms with Gasteiger partial charge in [0.2, 0.25) is 5.88 Å². The summed E-state index contributed by atoms with van der Waals surface area (Å²) in [5.41, 5.74) is 1.05. The molecule has 0 atom stereocenters. The Morgan fingerprint density at radius 1 is 1.13 bits per heavy atom. The van der Waals surface area contributed by atoms with Crippen LogP contribution in [-0.2, 0) is 11.3 Å². The monoisotopic (exact) mass is 316 g/mol. The maximum absolute atomic E-state index is 13.9. The first-order valence-corrected chi connectivity index (χ1v) is 7.96. The molecule has 1 saturated heterocycles. The highest BCUT2D eigenvalue weighted by Crippen LogP contribution is 2.20. The molecule has 0 aliphatic carbocycles. The van der Waals surface area contributed by atoms with Gasteiger partial charge in [-0.3, -0.25) is 0 Å². The zero-order valence-electron chi connectivity index (χ0n) is 13.0. The summed E-state index contributed by atoms with van der Waals surface area (Å²) in [5.74, 6) is 0.815. The lowest BCUT2D eigenvalue weighted by molar-refractivity contribution is 0.0699. The van der Waals surface area contributed by atoms with Gasteiger partial charge in [-0.2, -0.15) is 4.98 Å². The molecular formula is C18H21FN2O2. The van der Waals surface area contributed by atoms with Crippen molar-refractivity contribution in [2.45, 2.75) is 19.4 Å². The molecule has 1 aliphatic heterocycles. The molecule has 0 bridgehead atoms. The third-order valence-electron chi connectivity index (χ3n) is 3.95. The van der Waals surface area contributed by atoms with Crippen LogP contribution >= 0.6 is 0 Å². The summed E-state index contributed by atoms with van der Waals surface area (Å²) >= 11 is 0. The summed E-state index contributed by atoms with van der Waals surface area (Å²) in [7, 11) is 0. The van der Waals surface area contributed by atoms with Crippen LogP contribution in [0.25, 0.3) is 0 Å². The first-order valence-electron chi connectivity index (χ1n) is 7.96. The van der Waals surface area contributed by atoms with Gasteiger partial charge in [0.15, 0.2) is 11.6 Å². The largest absolute Gasteiger partial charge is 0.473 e. The van der Waals surface area contributed by atoms with Crippen LogP contribution in [-0.4, -0.2) is 24.7 Å². The van der Waals surface area contributed by atoms with E-state index in [9.17, 15) is 4.39 Å². The van der Waals surface area contributed by atoms with Crippen molar-refractivity contribution in [3.8, 4) is 5.88 Å². The number of nitrogens with one attached hydrogen (secondary N) is 1. The van der Waals surface area contributed by atoms with Gasteiger partial charge in [0, 0.05) is 25.8 Å². The molecular weight excluding hydrogens is 295 g/mol. The highest BCUT2D eigenvalue weighted by molar-refractivity contribution is 5.39. The summed E-state index contributed by atoms with van der Waals surface area (Å²) in [6, 6.07) is 12.8. The third-order valence-corrected chi connectivity index (χ3v) is 3.95. The van der Waals surface area contributed by atoms with Crippen LogP contribution in [0.5, 0.6) is 5.88 Å². The van der Waals surface area contributed by atoms with Crippen molar-refractivity contribution in [1.82, 2.24) is 4.98 Å². The highest BCUT2D eigenvalue weighted by atomic mass is 19.1. The number of anilines is 1. The maximum atomic E-state index is 13.9. The third kappa shape index (κ3) is 4.66. The summed E-state index contributed by atoms with van der Waals surface area (Å²) in [4.78, 5) is 4.23. The normalized spacial score (nSPS) is 15.3. The van der Waals surface area contributed by atoms with Crippen molar-refractivity contribution in [3.05, 3.63) is 53.8 Å². The van der Waals surface area contributed by atoms with E-state index in [1.807, 2.05) is 30.3 Å². The summed E-state index contributed by atoms with van der Waals surface area (Å²) in [6.45, 7) is 2.68. The molecule has 5 heteroatoms. The van der Waals surface area contributed by atoms with Gasteiger partial charge in [-0.1, -0.05) is 30.3 Å². The molecule has 1 aliphatic rings. The molecule has 1 aromatic heterocycles. The Bertz CT molecular complexity index is 616. The molecule has 2 heterocycles. The number of rotatable bonds is 6. The minimum Gasteiger partial charge on any atom is -0.473 e. The van der Waals surface area contributed by atoms with Gasteiger partial charge in [-0.05, 0) is 30.4 Å². The quantitative estimate of drug-likeness (QED) is 0.883. The molecule has 0 radical (unpaired) electrons. The predicted octanol–water partition coefficient (Wildman–Crippen LogP) is 3.64. The van der Waals surface area contributed by atoms with Crippen LogP contribution in [0.1, 0.15) is 18.4 Å². The Hall–Kier alpha value is -2.14. The van der Waals surface area contributed by atoms with Crippen LogP contribution in [0.15, 0.2) is 42.5 Å². The first kappa shape index (κ1) is 15.7. The Balaban J connectivity index is 1.57. The van der Waals surface area contributed by atoms with Gasteiger partial charge >= 0.3 is 0 Å². The molecule has 3 rings (SSSR count). The van der Waals surface area contributed by atoms with Gasteiger partial charge in [-0.15, -0.1) is 0 Å². The fraction of sp³-hybridized carbons (Fsp3) is 0.389. The van der Waals surface area contributed by atoms with E-state index in [1.165, 1.54) is 6.07 Å². The number of nitrogens with zero attached hydrogens (tertiary/aromatic N) is 1. The molecule has 1 aromatic carbocycles. The summed E-state index contributed by atoms with van der Waals surface area (Å²) in [5, 5.41) is 3.10. The van der Waals surface area contributed by atoms with E-state index >= 15 is 0 Å². The van der Waals surface area contributed by atoms with Crippen LogP contribution in [0.4, 0.5) is 10.2 Å². The minimum atomic E-state index is -0.357. The first-order chi connectivity index (χ1) is 11.3. The van der Waals surface area contributed by atoms with Crippen molar-refractivity contribution in [2.75, 3.05) is 25.1 Å². The number of aromatic nitrogens is 1. The molecule has 2 aromatic rings. The second-order valence-corrected chi connectivity index (χ2v) is 5.69.